The Morgan fingerprint density at radius 3 is 2.27 bits per heavy atom. The molecule has 0 saturated carbocycles. The SMILES string of the molecule is CCCCCCC(=O)C(CC)OC(C)=O. The van der Waals surface area contributed by atoms with Crippen LogP contribution >= 0.6 is 0 Å². The summed E-state index contributed by atoms with van der Waals surface area (Å²) in [7, 11) is 0. The van der Waals surface area contributed by atoms with Gasteiger partial charge in [-0.3, -0.25) is 9.59 Å². The highest BCUT2D eigenvalue weighted by molar-refractivity contribution is 5.85. The van der Waals surface area contributed by atoms with Crippen molar-refractivity contribution < 1.29 is 14.3 Å². The van der Waals surface area contributed by atoms with Crippen molar-refractivity contribution in [3.8, 4) is 0 Å². The molecule has 0 aliphatic carbocycles. The molecule has 0 aliphatic heterocycles. The van der Waals surface area contributed by atoms with E-state index in [2.05, 4.69) is 6.92 Å². The summed E-state index contributed by atoms with van der Waals surface area (Å²) in [5.74, 6) is -0.312. The van der Waals surface area contributed by atoms with Crippen molar-refractivity contribution >= 4 is 11.8 Å². The second-order valence-electron chi connectivity index (χ2n) is 3.78. The average molecular weight is 214 g/mol. The van der Waals surface area contributed by atoms with Gasteiger partial charge in [0.25, 0.3) is 0 Å². The van der Waals surface area contributed by atoms with Gasteiger partial charge in [0, 0.05) is 13.3 Å². The highest BCUT2D eigenvalue weighted by Gasteiger charge is 2.18. The molecule has 0 spiro atoms. The zero-order chi connectivity index (χ0) is 11.7. The van der Waals surface area contributed by atoms with E-state index in [1.165, 1.54) is 6.92 Å². The largest absolute Gasteiger partial charge is 0.455 e. The van der Waals surface area contributed by atoms with E-state index in [0.717, 1.165) is 25.7 Å². The minimum Gasteiger partial charge on any atom is -0.455 e. The minimum atomic E-state index is -0.524. The maximum absolute atomic E-state index is 11.6. The average Bonchev–Trinajstić information content (AvgIpc) is 2.20. The molecule has 88 valence electrons. The quantitative estimate of drug-likeness (QED) is 0.461. The van der Waals surface area contributed by atoms with Crippen molar-refractivity contribution in [3.63, 3.8) is 0 Å². The van der Waals surface area contributed by atoms with Gasteiger partial charge in [-0.2, -0.15) is 0 Å². The van der Waals surface area contributed by atoms with Crippen molar-refractivity contribution in [3.05, 3.63) is 0 Å². The number of carbonyl (C=O) groups is 2. The van der Waals surface area contributed by atoms with Crippen molar-refractivity contribution in [1.82, 2.24) is 0 Å². The topological polar surface area (TPSA) is 43.4 Å². The summed E-state index contributed by atoms with van der Waals surface area (Å²) in [6, 6.07) is 0. The molecular weight excluding hydrogens is 192 g/mol. The van der Waals surface area contributed by atoms with Gasteiger partial charge in [0.1, 0.15) is 0 Å². The van der Waals surface area contributed by atoms with Crippen LogP contribution in [0.2, 0.25) is 0 Å². The van der Waals surface area contributed by atoms with Crippen LogP contribution in [0.4, 0.5) is 0 Å². The molecule has 0 radical (unpaired) electrons. The van der Waals surface area contributed by atoms with E-state index in [-0.39, 0.29) is 11.8 Å². The summed E-state index contributed by atoms with van der Waals surface area (Å²) in [5.41, 5.74) is 0. The van der Waals surface area contributed by atoms with Crippen LogP contribution in [0.25, 0.3) is 0 Å². The van der Waals surface area contributed by atoms with Crippen LogP contribution in [0.3, 0.4) is 0 Å². The Bertz CT molecular complexity index is 199. The number of Topliss-reactive ketones (excluding diaryl/α,β-unsaturated/α-hetero) is 1. The smallest absolute Gasteiger partial charge is 0.303 e. The third kappa shape index (κ3) is 7.11. The summed E-state index contributed by atoms with van der Waals surface area (Å²) < 4.78 is 4.93. The van der Waals surface area contributed by atoms with Crippen molar-refractivity contribution in [2.24, 2.45) is 0 Å². The molecule has 0 rings (SSSR count). The monoisotopic (exact) mass is 214 g/mol. The van der Waals surface area contributed by atoms with Crippen LogP contribution in [0.1, 0.15) is 59.3 Å². The van der Waals surface area contributed by atoms with E-state index < -0.39 is 6.10 Å². The lowest BCUT2D eigenvalue weighted by atomic mass is 10.1. The Morgan fingerprint density at radius 1 is 1.13 bits per heavy atom. The van der Waals surface area contributed by atoms with E-state index in [1.54, 1.807) is 0 Å². The van der Waals surface area contributed by atoms with Crippen molar-refractivity contribution in [2.45, 2.75) is 65.4 Å². The first-order chi connectivity index (χ1) is 7.11. The summed E-state index contributed by atoms with van der Waals surface area (Å²) in [6.07, 6.45) is 4.90. The second-order valence-corrected chi connectivity index (χ2v) is 3.78. The van der Waals surface area contributed by atoms with Gasteiger partial charge in [0.05, 0.1) is 0 Å². The molecule has 0 saturated heterocycles. The first-order valence-corrected chi connectivity index (χ1v) is 5.81. The second kappa shape index (κ2) is 8.45. The van der Waals surface area contributed by atoms with E-state index >= 15 is 0 Å². The highest BCUT2D eigenvalue weighted by atomic mass is 16.5. The zero-order valence-electron chi connectivity index (χ0n) is 10.0. The summed E-state index contributed by atoms with van der Waals surface area (Å²) >= 11 is 0. The summed E-state index contributed by atoms with van der Waals surface area (Å²) in [4.78, 5) is 22.3. The number of ketones is 1. The fraction of sp³-hybridized carbons (Fsp3) is 0.833. The summed E-state index contributed by atoms with van der Waals surface area (Å²) in [5, 5.41) is 0. The van der Waals surface area contributed by atoms with Crippen LogP contribution in [0.15, 0.2) is 0 Å². The molecule has 0 fully saturated rings. The number of esters is 1. The van der Waals surface area contributed by atoms with Crippen molar-refractivity contribution in [2.75, 3.05) is 0 Å². The van der Waals surface area contributed by atoms with E-state index in [4.69, 9.17) is 4.74 Å². The third-order valence-electron chi connectivity index (χ3n) is 2.31. The molecule has 3 heteroatoms. The fourth-order valence-electron chi connectivity index (χ4n) is 1.46. The Balaban J connectivity index is 3.78. The standard InChI is InChI=1S/C12H22O3/c1-4-6-7-8-9-11(14)12(5-2)15-10(3)13/h12H,4-9H2,1-3H3. The number of rotatable bonds is 8. The Morgan fingerprint density at radius 2 is 1.80 bits per heavy atom. The maximum atomic E-state index is 11.6. The molecule has 15 heavy (non-hydrogen) atoms. The number of hydrogen-bond acceptors (Lipinski definition) is 3. The van der Waals surface area contributed by atoms with Crippen LogP contribution in [-0.4, -0.2) is 17.9 Å². The Hall–Kier alpha value is -0.860. The first-order valence-electron chi connectivity index (χ1n) is 5.81. The van der Waals surface area contributed by atoms with Crippen LogP contribution < -0.4 is 0 Å². The number of carbonyl (C=O) groups excluding carboxylic acids is 2. The van der Waals surface area contributed by atoms with E-state index in [1.807, 2.05) is 6.92 Å². The molecule has 3 nitrogen and oxygen atoms in total. The number of hydrogen-bond donors (Lipinski definition) is 0. The molecule has 0 amide bonds. The molecule has 0 bridgehead atoms. The normalized spacial score (nSPS) is 12.2. The van der Waals surface area contributed by atoms with Gasteiger partial charge in [-0.1, -0.05) is 33.1 Å². The molecule has 0 aromatic rings. The number of ether oxygens (including phenoxy) is 1. The Labute approximate surface area is 92.2 Å². The zero-order valence-corrected chi connectivity index (χ0v) is 10.0. The van der Waals surface area contributed by atoms with Crippen LogP contribution in [0, 0.1) is 0 Å². The fourth-order valence-corrected chi connectivity index (χ4v) is 1.46. The van der Waals surface area contributed by atoms with Crippen molar-refractivity contribution in [1.29, 1.82) is 0 Å². The minimum absolute atomic E-state index is 0.0591. The predicted octanol–water partition coefficient (Wildman–Crippen LogP) is 2.87. The molecular formula is C12H22O3. The molecule has 1 atom stereocenters. The lowest BCUT2D eigenvalue weighted by Crippen LogP contribution is -2.25. The van der Waals surface area contributed by atoms with Gasteiger partial charge in [-0.05, 0) is 12.8 Å². The molecule has 0 N–H and O–H groups in total. The predicted molar refractivity (Wildman–Crippen MR) is 59.6 cm³/mol. The Kier molecular flexibility index (Phi) is 7.96. The van der Waals surface area contributed by atoms with Gasteiger partial charge in [0.2, 0.25) is 0 Å². The summed E-state index contributed by atoms with van der Waals surface area (Å²) in [6.45, 7) is 5.33. The molecule has 0 aromatic carbocycles. The van der Waals surface area contributed by atoms with E-state index in [0.29, 0.717) is 12.8 Å². The number of unbranched alkanes of at least 4 members (excludes halogenated alkanes) is 3. The molecule has 0 aliphatic rings. The van der Waals surface area contributed by atoms with Gasteiger partial charge >= 0.3 is 5.97 Å². The van der Waals surface area contributed by atoms with Gasteiger partial charge in [0.15, 0.2) is 11.9 Å². The van der Waals surface area contributed by atoms with Gasteiger partial charge < -0.3 is 4.74 Å². The van der Waals surface area contributed by atoms with Gasteiger partial charge in [-0.15, -0.1) is 0 Å². The van der Waals surface area contributed by atoms with E-state index in [9.17, 15) is 9.59 Å². The van der Waals surface area contributed by atoms with Crippen LogP contribution in [-0.2, 0) is 14.3 Å². The van der Waals surface area contributed by atoms with Gasteiger partial charge in [-0.25, -0.2) is 0 Å². The molecule has 0 heterocycles. The maximum Gasteiger partial charge on any atom is 0.303 e. The molecule has 1 unspecified atom stereocenters. The lowest BCUT2D eigenvalue weighted by molar-refractivity contribution is -0.153. The third-order valence-corrected chi connectivity index (χ3v) is 2.31. The first kappa shape index (κ1) is 14.1. The lowest BCUT2D eigenvalue weighted by Gasteiger charge is -2.13. The molecule has 0 aromatic heterocycles. The highest BCUT2D eigenvalue weighted by Crippen LogP contribution is 2.08. The van der Waals surface area contributed by atoms with Crippen LogP contribution in [0.5, 0.6) is 0 Å².